The molecular formula is C19H23FN4O2. The summed E-state index contributed by atoms with van der Waals surface area (Å²) in [4.78, 5) is 24.6. The van der Waals surface area contributed by atoms with E-state index in [-0.39, 0.29) is 17.8 Å². The van der Waals surface area contributed by atoms with E-state index in [0.29, 0.717) is 30.6 Å². The normalized spacial score (nSPS) is 19.6. The number of nitrogens with one attached hydrogen (secondary N) is 1. The van der Waals surface area contributed by atoms with Crippen LogP contribution in [-0.4, -0.2) is 69.1 Å². The second-order valence-electron chi connectivity index (χ2n) is 7.20. The van der Waals surface area contributed by atoms with Crippen molar-refractivity contribution in [3.8, 4) is 11.4 Å². The molecule has 1 aromatic heterocycles. The molecule has 0 bridgehead atoms. The van der Waals surface area contributed by atoms with Gasteiger partial charge in [0, 0.05) is 43.5 Å². The number of aromatic nitrogens is 2. The molecule has 0 aliphatic carbocycles. The summed E-state index contributed by atoms with van der Waals surface area (Å²) in [5.74, 6) is 0.218. The van der Waals surface area contributed by atoms with Crippen LogP contribution in [0, 0.1) is 12.7 Å². The van der Waals surface area contributed by atoms with E-state index in [1.54, 1.807) is 12.1 Å². The summed E-state index contributed by atoms with van der Waals surface area (Å²) in [6, 6.07) is 6.51. The second-order valence-corrected chi connectivity index (χ2v) is 7.20. The summed E-state index contributed by atoms with van der Waals surface area (Å²) < 4.78 is 13.1. The number of hydrogen-bond acceptors (Lipinski definition) is 4. The van der Waals surface area contributed by atoms with Crippen LogP contribution in [0.2, 0.25) is 0 Å². The van der Waals surface area contributed by atoms with Gasteiger partial charge in [-0.25, -0.2) is 9.37 Å². The molecule has 0 radical (unpaired) electrons. The molecule has 2 aliphatic heterocycles. The van der Waals surface area contributed by atoms with Crippen molar-refractivity contribution >= 4 is 5.91 Å². The Balaban J connectivity index is 1.43. The molecule has 2 N–H and O–H groups in total. The molecule has 7 heteroatoms. The van der Waals surface area contributed by atoms with E-state index in [4.69, 9.17) is 0 Å². The minimum atomic E-state index is -0.300. The Morgan fingerprint density at radius 2 is 1.88 bits per heavy atom. The van der Waals surface area contributed by atoms with Crippen molar-refractivity contribution in [2.45, 2.75) is 31.9 Å². The van der Waals surface area contributed by atoms with Gasteiger partial charge in [0.15, 0.2) is 0 Å². The lowest BCUT2D eigenvalue weighted by atomic mass is 9.98. The number of amides is 1. The van der Waals surface area contributed by atoms with E-state index in [0.717, 1.165) is 37.2 Å². The lowest BCUT2D eigenvalue weighted by Crippen LogP contribution is -2.58. The zero-order valence-electron chi connectivity index (χ0n) is 14.8. The molecule has 4 rings (SSSR count). The van der Waals surface area contributed by atoms with Crippen molar-refractivity contribution < 1.29 is 14.3 Å². The minimum Gasteiger partial charge on any atom is -0.390 e. The van der Waals surface area contributed by atoms with Gasteiger partial charge in [0.1, 0.15) is 17.3 Å². The number of piperidine rings is 1. The van der Waals surface area contributed by atoms with E-state index in [9.17, 15) is 14.3 Å². The molecule has 0 atom stereocenters. The number of carbonyl (C=O) groups is 1. The number of aliphatic hydroxyl groups excluding tert-OH is 1. The van der Waals surface area contributed by atoms with Crippen molar-refractivity contribution in [2.24, 2.45) is 0 Å². The van der Waals surface area contributed by atoms with Gasteiger partial charge in [0.2, 0.25) is 0 Å². The number of aromatic amines is 1. The van der Waals surface area contributed by atoms with Crippen LogP contribution in [0.25, 0.3) is 11.4 Å². The number of carbonyl (C=O) groups excluding carboxylic acids is 1. The summed E-state index contributed by atoms with van der Waals surface area (Å²) in [5, 5.41) is 9.44. The summed E-state index contributed by atoms with van der Waals surface area (Å²) in [6.07, 6.45) is 1.66. The fourth-order valence-electron chi connectivity index (χ4n) is 3.78. The van der Waals surface area contributed by atoms with Crippen LogP contribution in [0.3, 0.4) is 0 Å². The number of nitrogens with zero attached hydrogens (tertiary/aromatic N) is 3. The predicted octanol–water partition coefficient (Wildman–Crippen LogP) is 1.81. The molecular weight excluding hydrogens is 335 g/mol. The summed E-state index contributed by atoms with van der Waals surface area (Å²) in [7, 11) is 0. The summed E-state index contributed by atoms with van der Waals surface area (Å²) >= 11 is 0. The zero-order chi connectivity index (χ0) is 18.3. The third-order valence-corrected chi connectivity index (χ3v) is 5.36. The zero-order valence-corrected chi connectivity index (χ0v) is 14.8. The van der Waals surface area contributed by atoms with Crippen LogP contribution >= 0.6 is 0 Å². The highest BCUT2D eigenvalue weighted by Crippen LogP contribution is 2.24. The van der Waals surface area contributed by atoms with Crippen molar-refractivity contribution in [3.63, 3.8) is 0 Å². The largest absolute Gasteiger partial charge is 0.390 e. The first-order valence-electron chi connectivity index (χ1n) is 9.05. The van der Waals surface area contributed by atoms with Gasteiger partial charge in [0.25, 0.3) is 5.91 Å². The van der Waals surface area contributed by atoms with Crippen molar-refractivity contribution in [2.75, 3.05) is 26.2 Å². The molecule has 1 amide bonds. The fraction of sp³-hybridized carbons (Fsp3) is 0.474. The highest BCUT2D eigenvalue weighted by atomic mass is 19.1. The number of aliphatic hydroxyl groups is 1. The second kappa shape index (κ2) is 6.81. The smallest absolute Gasteiger partial charge is 0.274 e. The van der Waals surface area contributed by atoms with E-state index >= 15 is 0 Å². The van der Waals surface area contributed by atoms with E-state index in [1.807, 2.05) is 11.8 Å². The number of aryl methyl sites for hydroxylation is 1. The first-order chi connectivity index (χ1) is 12.5. The minimum absolute atomic E-state index is 0.0609. The number of rotatable bonds is 3. The molecule has 0 saturated carbocycles. The summed E-state index contributed by atoms with van der Waals surface area (Å²) in [6.45, 7) is 4.74. The monoisotopic (exact) mass is 358 g/mol. The maximum Gasteiger partial charge on any atom is 0.274 e. The molecule has 3 heterocycles. The Kier molecular flexibility index (Phi) is 4.50. The molecule has 138 valence electrons. The maximum atomic E-state index is 13.1. The Hall–Kier alpha value is -2.25. The van der Waals surface area contributed by atoms with E-state index < -0.39 is 0 Å². The quantitative estimate of drug-likeness (QED) is 0.878. The van der Waals surface area contributed by atoms with Gasteiger partial charge in [-0.2, -0.15) is 0 Å². The standard InChI is InChI=1S/C19H23FN4O2/c1-12-17(22-18(21-12)13-2-4-14(20)5-3-13)19(26)23-8-6-15(7-9-23)24-10-16(25)11-24/h2-5,15-16,25H,6-11H2,1H3,(H,21,22). The number of H-pyrrole nitrogens is 1. The van der Waals surface area contributed by atoms with Gasteiger partial charge < -0.3 is 15.0 Å². The van der Waals surface area contributed by atoms with Gasteiger partial charge in [-0.15, -0.1) is 0 Å². The van der Waals surface area contributed by atoms with Crippen LogP contribution < -0.4 is 0 Å². The molecule has 0 unspecified atom stereocenters. The van der Waals surface area contributed by atoms with Gasteiger partial charge in [-0.05, 0) is 44.0 Å². The molecule has 1 aromatic carbocycles. The predicted molar refractivity (Wildman–Crippen MR) is 95.2 cm³/mol. The van der Waals surface area contributed by atoms with E-state index in [2.05, 4.69) is 14.9 Å². The van der Waals surface area contributed by atoms with Gasteiger partial charge in [0.05, 0.1) is 6.10 Å². The lowest BCUT2D eigenvalue weighted by molar-refractivity contribution is -0.0381. The molecule has 2 aliphatic rings. The average molecular weight is 358 g/mol. The van der Waals surface area contributed by atoms with Gasteiger partial charge >= 0.3 is 0 Å². The Bertz CT molecular complexity index is 790. The molecule has 2 saturated heterocycles. The molecule has 2 aromatic rings. The van der Waals surface area contributed by atoms with Crippen LogP contribution in [0.1, 0.15) is 29.0 Å². The average Bonchev–Trinajstić information content (AvgIpc) is 3.01. The van der Waals surface area contributed by atoms with Crippen molar-refractivity contribution in [1.82, 2.24) is 19.8 Å². The number of likely N-dealkylation sites (tertiary alicyclic amines) is 2. The number of β-amino-alcohol motifs (C(OH)–C–C–N with tert-alkyl or cyclic N) is 1. The highest BCUT2D eigenvalue weighted by molar-refractivity contribution is 5.94. The SMILES string of the molecule is Cc1[nH]c(-c2ccc(F)cc2)nc1C(=O)N1CCC(N2CC(O)C2)CC1. The molecule has 6 nitrogen and oxygen atoms in total. The third-order valence-electron chi connectivity index (χ3n) is 5.36. The Labute approximate surface area is 151 Å². The first kappa shape index (κ1) is 17.2. The van der Waals surface area contributed by atoms with Crippen LogP contribution in [-0.2, 0) is 0 Å². The number of hydrogen-bond donors (Lipinski definition) is 2. The Morgan fingerprint density at radius 1 is 1.23 bits per heavy atom. The summed E-state index contributed by atoms with van der Waals surface area (Å²) in [5.41, 5.74) is 1.91. The van der Waals surface area contributed by atoms with Gasteiger partial charge in [-0.1, -0.05) is 0 Å². The fourth-order valence-corrected chi connectivity index (χ4v) is 3.78. The van der Waals surface area contributed by atoms with E-state index in [1.165, 1.54) is 12.1 Å². The Morgan fingerprint density at radius 3 is 2.50 bits per heavy atom. The van der Waals surface area contributed by atoms with Crippen molar-refractivity contribution in [1.29, 1.82) is 0 Å². The lowest BCUT2D eigenvalue weighted by Gasteiger charge is -2.45. The van der Waals surface area contributed by atoms with Crippen LogP contribution in [0.5, 0.6) is 0 Å². The van der Waals surface area contributed by atoms with Crippen molar-refractivity contribution in [3.05, 3.63) is 41.5 Å². The van der Waals surface area contributed by atoms with Crippen LogP contribution in [0.15, 0.2) is 24.3 Å². The third kappa shape index (κ3) is 3.24. The topological polar surface area (TPSA) is 72.5 Å². The van der Waals surface area contributed by atoms with Crippen LogP contribution in [0.4, 0.5) is 4.39 Å². The maximum absolute atomic E-state index is 13.1. The van der Waals surface area contributed by atoms with Gasteiger partial charge in [-0.3, -0.25) is 9.69 Å². The number of halogens is 1. The first-order valence-corrected chi connectivity index (χ1v) is 9.05. The molecule has 26 heavy (non-hydrogen) atoms. The highest BCUT2D eigenvalue weighted by Gasteiger charge is 2.34. The molecule has 0 spiro atoms. The number of imidazole rings is 1. The number of benzene rings is 1. The molecule has 2 fully saturated rings.